The second kappa shape index (κ2) is 5.39. The Morgan fingerprint density at radius 1 is 1.50 bits per heavy atom. The zero-order valence-electron chi connectivity index (χ0n) is 10.9. The van der Waals surface area contributed by atoms with E-state index in [1.165, 1.54) is 0 Å². The van der Waals surface area contributed by atoms with Crippen LogP contribution in [-0.4, -0.2) is 29.3 Å². The molecule has 16 heavy (non-hydrogen) atoms. The van der Waals surface area contributed by atoms with Gasteiger partial charge in [0.25, 0.3) is 0 Å². The van der Waals surface area contributed by atoms with Gasteiger partial charge in [-0.1, -0.05) is 27.7 Å². The van der Waals surface area contributed by atoms with Crippen LogP contribution in [0, 0.1) is 11.3 Å². The smallest absolute Gasteiger partial charge is 0.223 e. The lowest BCUT2D eigenvalue weighted by Gasteiger charge is -2.30. The van der Waals surface area contributed by atoms with Crippen LogP contribution in [0.4, 0.5) is 0 Å². The standard InChI is InChI=1S/C13H24ClNO/c1-10(13(2,3)4)8-12(16)15-7-5-6-11(15)9-14/h10-11H,5-9H2,1-4H3. The van der Waals surface area contributed by atoms with Crippen LogP contribution in [0.3, 0.4) is 0 Å². The molecule has 0 radical (unpaired) electrons. The van der Waals surface area contributed by atoms with Gasteiger partial charge in [0.2, 0.25) is 5.91 Å². The maximum atomic E-state index is 12.1. The maximum Gasteiger partial charge on any atom is 0.223 e. The molecular weight excluding hydrogens is 222 g/mol. The number of alkyl halides is 1. The Bertz CT molecular complexity index is 247. The van der Waals surface area contributed by atoms with Gasteiger partial charge in [0.15, 0.2) is 0 Å². The van der Waals surface area contributed by atoms with Crippen molar-refractivity contribution in [2.24, 2.45) is 11.3 Å². The summed E-state index contributed by atoms with van der Waals surface area (Å²) in [4.78, 5) is 14.1. The number of likely N-dealkylation sites (tertiary alicyclic amines) is 1. The van der Waals surface area contributed by atoms with Crippen LogP contribution >= 0.6 is 11.6 Å². The van der Waals surface area contributed by atoms with E-state index in [0.717, 1.165) is 19.4 Å². The van der Waals surface area contributed by atoms with Gasteiger partial charge in [0.05, 0.1) is 0 Å². The summed E-state index contributed by atoms with van der Waals surface area (Å²) in [7, 11) is 0. The normalized spacial score (nSPS) is 23.6. The highest BCUT2D eigenvalue weighted by atomic mass is 35.5. The number of amides is 1. The van der Waals surface area contributed by atoms with Crippen LogP contribution in [0.25, 0.3) is 0 Å². The molecular formula is C13H24ClNO. The molecule has 0 aromatic heterocycles. The lowest BCUT2D eigenvalue weighted by Crippen LogP contribution is -2.38. The molecule has 2 unspecified atom stereocenters. The number of carbonyl (C=O) groups excluding carboxylic acids is 1. The van der Waals surface area contributed by atoms with Gasteiger partial charge in [-0.15, -0.1) is 11.6 Å². The third kappa shape index (κ3) is 3.38. The van der Waals surface area contributed by atoms with Crippen molar-refractivity contribution in [1.82, 2.24) is 4.90 Å². The van der Waals surface area contributed by atoms with Gasteiger partial charge >= 0.3 is 0 Å². The summed E-state index contributed by atoms with van der Waals surface area (Å²) < 4.78 is 0. The second-order valence-electron chi connectivity index (χ2n) is 6.01. The van der Waals surface area contributed by atoms with Crippen LogP contribution in [0.1, 0.15) is 47.0 Å². The van der Waals surface area contributed by atoms with E-state index in [0.29, 0.717) is 18.2 Å². The quantitative estimate of drug-likeness (QED) is 0.699. The van der Waals surface area contributed by atoms with Crippen molar-refractivity contribution < 1.29 is 4.79 Å². The number of hydrogen-bond acceptors (Lipinski definition) is 1. The van der Waals surface area contributed by atoms with Gasteiger partial charge in [0, 0.05) is 24.9 Å². The average Bonchev–Trinajstić information content (AvgIpc) is 2.63. The summed E-state index contributed by atoms with van der Waals surface area (Å²) in [6.07, 6.45) is 2.82. The summed E-state index contributed by atoms with van der Waals surface area (Å²) >= 11 is 5.88. The van der Waals surface area contributed by atoms with Gasteiger partial charge < -0.3 is 4.90 Å². The van der Waals surface area contributed by atoms with Crippen LogP contribution in [0.2, 0.25) is 0 Å². The molecule has 2 atom stereocenters. The molecule has 1 fully saturated rings. The first-order chi connectivity index (χ1) is 7.36. The molecule has 0 N–H and O–H groups in total. The van der Waals surface area contributed by atoms with E-state index in [1.807, 2.05) is 4.90 Å². The van der Waals surface area contributed by atoms with Gasteiger partial charge in [-0.2, -0.15) is 0 Å². The maximum absolute atomic E-state index is 12.1. The zero-order chi connectivity index (χ0) is 12.3. The average molecular weight is 246 g/mol. The highest BCUT2D eigenvalue weighted by Crippen LogP contribution is 2.30. The van der Waals surface area contributed by atoms with E-state index in [2.05, 4.69) is 27.7 Å². The van der Waals surface area contributed by atoms with E-state index in [9.17, 15) is 4.79 Å². The van der Waals surface area contributed by atoms with E-state index in [-0.39, 0.29) is 17.4 Å². The molecule has 0 aromatic carbocycles. The summed E-state index contributed by atoms with van der Waals surface area (Å²) in [6, 6.07) is 0.279. The summed E-state index contributed by atoms with van der Waals surface area (Å²) in [5, 5.41) is 0. The third-order valence-corrected chi connectivity index (χ3v) is 4.19. The molecule has 1 heterocycles. The molecule has 1 aliphatic rings. The highest BCUT2D eigenvalue weighted by Gasteiger charge is 2.30. The number of carbonyl (C=O) groups is 1. The molecule has 2 nitrogen and oxygen atoms in total. The van der Waals surface area contributed by atoms with Crippen molar-refractivity contribution in [2.45, 2.75) is 53.0 Å². The van der Waals surface area contributed by atoms with E-state index in [4.69, 9.17) is 11.6 Å². The molecule has 3 heteroatoms. The third-order valence-electron chi connectivity index (χ3n) is 3.83. The van der Waals surface area contributed by atoms with Crippen molar-refractivity contribution in [2.75, 3.05) is 12.4 Å². The molecule has 1 saturated heterocycles. The summed E-state index contributed by atoms with van der Waals surface area (Å²) in [5.74, 6) is 1.28. The fourth-order valence-corrected chi connectivity index (χ4v) is 2.33. The first-order valence-corrected chi connectivity index (χ1v) is 6.75. The number of halogens is 1. The SMILES string of the molecule is CC(CC(=O)N1CCCC1CCl)C(C)(C)C. The first kappa shape index (κ1) is 13.8. The molecule has 0 aliphatic carbocycles. The monoisotopic (exact) mass is 245 g/mol. The van der Waals surface area contributed by atoms with Gasteiger partial charge in [-0.05, 0) is 24.2 Å². The number of nitrogens with zero attached hydrogens (tertiary/aromatic N) is 1. The predicted molar refractivity (Wildman–Crippen MR) is 68.7 cm³/mol. The molecule has 0 saturated carbocycles. The van der Waals surface area contributed by atoms with Crippen molar-refractivity contribution in [1.29, 1.82) is 0 Å². The Kier molecular flexibility index (Phi) is 4.66. The highest BCUT2D eigenvalue weighted by molar-refractivity contribution is 6.18. The summed E-state index contributed by atoms with van der Waals surface area (Å²) in [5.41, 5.74) is 0.200. The number of rotatable bonds is 3. The lowest BCUT2D eigenvalue weighted by atomic mass is 9.80. The zero-order valence-corrected chi connectivity index (χ0v) is 11.7. The minimum atomic E-state index is 0.200. The minimum absolute atomic E-state index is 0.200. The number of hydrogen-bond donors (Lipinski definition) is 0. The Morgan fingerprint density at radius 3 is 2.62 bits per heavy atom. The van der Waals surface area contributed by atoms with Crippen LogP contribution in [-0.2, 0) is 4.79 Å². The van der Waals surface area contributed by atoms with Gasteiger partial charge in [-0.3, -0.25) is 4.79 Å². The van der Waals surface area contributed by atoms with Crippen LogP contribution < -0.4 is 0 Å². The summed E-state index contributed by atoms with van der Waals surface area (Å²) in [6.45, 7) is 9.62. The molecule has 94 valence electrons. The van der Waals surface area contributed by atoms with Crippen molar-refractivity contribution in [3.05, 3.63) is 0 Å². The Hall–Kier alpha value is -0.240. The van der Waals surface area contributed by atoms with E-state index >= 15 is 0 Å². The fraction of sp³-hybridized carbons (Fsp3) is 0.923. The van der Waals surface area contributed by atoms with Crippen LogP contribution in [0.15, 0.2) is 0 Å². The predicted octanol–water partition coefficient (Wildman–Crippen LogP) is 3.29. The molecule has 0 bridgehead atoms. The fourth-order valence-electron chi connectivity index (χ4n) is 2.01. The van der Waals surface area contributed by atoms with Crippen molar-refractivity contribution in [3.8, 4) is 0 Å². The lowest BCUT2D eigenvalue weighted by molar-refractivity contribution is -0.133. The largest absolute Gasteiger partial charge is 0.339 e. The Labute approximate surface area is 104 Å². The molecule has 1 aliphatic heterocycles. The second-order valence-corrected chi connectivity index (χ2v) is 6.32. The molecule has 0 aromatic rings. The van der Waals surface area contributed by atoms with E-state index < -0.39 is 0 Å². The molecule has 1 rings (SSSR count). The Balaban J connectivity index is 2.52. The van der Waals surface area contributed by atoms with Crippen molar-refractivity contribution in [3.63, 3.8) is 0 Å². The van der Waals surface area contributed by atoms with E-state index in [1.54, 1.807) is 0 Å². The van der Waals surface area contributed by atoms with Crippen LogP contribution in [0.5, 0.6) is 0 Å². The van der Waals surface area contributed by atoms with Crippen molar-refractivity contribution >= 4 is 17.5 Å². The molecule has 0 spiro atoms. The van der Waals surface area contributed by atoms with Gasteiger partial charge in [0.1, 0.15) is 0 Å². The Morgan fingerprint density at radius 2 is 2.12 bits per heavy atom. The minimum Gasteiger partial charge on any atom is -0.339 e. The topological polar surface area (TPSA) is 20.3 Å². The van der Waals surface area contributed by atoms with Gasteiger partial charge in [-0.25, -0.2) is 0 Å². The first-order valence-electron chi connectivity index (χ1n) is 6.21. The molecule has 1 amide bonds.